The molecule has 2 aromatic rings. The van der Waals surface area contributed by atoms with Crippen molar-refractivity contribution in [1.29, 1.82) is 5.41 Å². The fraction of sp³-hybridized carbons (Fsp3) is 0.280. The fourth-order valence-corrected chi connectivity index (χ4v) is 5.41. The third kappa shape index (κ3) is 5.86. The summed E-state index contributed by atoms with van der Waals surface area (Å²) in [5, 5.41) is 8.29. The Hall–Kier alpha value is -3.64. The van der Waals surface area contributed by atoms with E-state index in [2.05, 4.69) is 9.39 Å². The normalized spacial score (nSPS) is 16.4. The van der Waals surface area contributed by atoms with Gasteiger partial charge in [-0.2, -0.15) is 9.39 Å². The molecule has 0 atom stereocenters. The Labute approximate surface area is 219 Å². The predicted octanol–water partition coefficient (Wildman–Crippen LogP) is 3.86. The van der Waals surface area contributed by atoms with E-state index in [1.165, 1.54) is 13.0 Å². The molecular formula is C25H26N4O6S2. The van der Waals surface area contributed by atoms with Gasteiger partial charge in [0.1, 0.15) is 24.8 Å². The van der Waals surface area contributed by atoms with Gasteiger partial charge < -0.3 is 14.2 Å². The minimum absolute atomic E-state index is 0.0470. The molecule has 0 aliphatic carbocycles. The Morgan fingerprint density at radius 3 is 2.46 bits per heavy atom. The lowest BCUT2D eigenvalue weighted by Crippen LogP contribution is -2.45. The van der Waals surface area contributed by atoms with Crippen molar-refractivity contribution in [2.75, 3.05) is 25.6 Å². The van der Waals surface area contributed by atoms with Crippen LogP contribution in [0.3, 0.4) is 0 Å². The molecule has 2 aliphatic heterocycles. The quantitative estimate of drug-likeness (QED) is 0.287. The summed E-state index contributed by atoms with van der Waals surface area (Å²) in [6, 6.07) is 12.8. The molecule has 194 valence electrons. The van der Waals surface area contributed by atoms with Gasteiger partial charge in [-0.1, -0.05) is 30.7 Å². The van der Waals surface area contributed by atoms with Gasteiger partial charge in [0.15, 0.2) is 11.5 Å². The van der Waals surface area contributed by atoms with Crippen molar-refractivity contribution in [3.63, 3.8) is 0 Å². The maximum atomic E-state index is 12.7. The second kappa shape index (κ2) is 11.2. The number of benzene rings is 2. The first-order valence-electron chi connectivity index (χ1n) is 11.5. The summed E-state index contributed by atoms with van der Waals surface area (Å²) in [7, 11) is -3.72. The molecule has 0 radical (unpaired) electrons. The van der Waals surface area contributed by atoms with Crippen LogP contribution in [0.5, 0.6) is 17.2 Å². The molecule has 1 N–H and O–H groups in total. The number of aliphatic imine (C=N–C) groups is 1. The van der Waals surface area contributed by atoms with E-state index in [1.807, 2.05) is 38.1 Å². The molecule has 2 aliphatic rings. The Balaban J connectivity index is 1.51. The van der Waals surface area contributed by atoms with Crippen molar-refractivity contribution in [1.82, 2.24) is 4.90 Å². The van der Waals surface area contributed by atoms with E-state index in [-0.39, 0.29) is 34.1 Å². The number of nitrogens with zero attached hydrogens (tertiary/aromatic N) is 3. The van der Waals surface area contributed by atoms with Gasteiger partial charge in [0, 0.05) is 0 Å². The number of nitrogens with one attached hydrogen (secondary N) is 1. The summed E-state index contributed by atoms with van der Waals surface area (Å²) in [5.41, 5.74) is 1.64. The molecule has 0 fully saturated rings. The van der Waals surface area contributed by atoms with Crippen LogP contribution in [-0.2, 0) is 14.6 Å². The standard InChI is InChI=1S/C25H26N4O6S2/c1-4-33-21-15-17(8-11-20(21)35-13-12-34-18-9-6-16(3)7-10-18)14-19-22(26)29-24(27-23(19)30)36-28-25(29)37(31,32)5-2/h6-11,14-15,26H,4-5,12-13H2,1-3H3. The lowest BCUT2D eigenvalue weighted by molar-refractivity contribution is -0.114. The number of carbonyl (C=O) groups is 1. The van der Waals surface area contributed by atoms with Crippen LogP contribution in [0.4, 0.5) is 0 Å². The SMILES string of the molecule is CCOc1cc(C=C2C(=N)N3C(=NC2=O)SN=C3S(=O)(=O)CC)ccc1OCCOc1ccc(C)cc1. The first-order valence-corrected chi connectivity index (χ1v) is 14.0. The molecule has 0 bridgehead atoms. The highest BCUT2D eigenvalue weighted by atomic mass is 32.2. The lowest BCUT2D eigenvalue weighted by atomic mass is 10.1. The molecule has 0 aromatic heterocycles. The van der Waals surface area contributed by atoms with Crippen LogP contribution < -0.4 is 14.2 Å². The van der Waals surface area contributed by atoms with Gasteiger partial charge in [0.2, 0.25) is 20.2 Å². The summed E-state index contributed by atoms with van der Waals surface area (Å²) in [6.07, 6.45) is 1.47. The topological polar surface area (TPSA) is 131 Å². The molecule has 1 amide bonds. The molecule has 10 nitrogen and oxygen atoms in total. The number of carbonyl (C=O) groups excluding carboxylic acids is 1. The Morgan fingerprint density at radius 1 is 1.03 bits per heavy atom. The van der Waals surface area contributed by atoms with Gasteiger partial charge in [-0.3, -0.25) is 10.2 Å². The smallest absolute Gasteiger partial charge is 0.283 e. The van der Waals surface area contributed by atoms with E-state index >= 15 is 0 Å². The average molecular weight is 543 g/mol. The largest absolute Gasteiger partial charge is 0.490 e. The van der Waals surface area contributed by atoms with Crippen molar-refractivity contribution in [2.24, 2.45) is 9.39 Å². The molecule has 12 heteroatoms. The summed E-state index contributed by atoms with van der Waals surface area (Å²) in [6.45, 7) is 6.35. The van der Waals surface area contributed by atoms with Gasteiger partial charge in [0.05, 0.1) is 29.9 Å². The number of aryl methyl sites for hydroxylation is 1. The third-order valence-corrected chi connectivity index (χ3v) is 7.77. The lowest BCUT2D eigenvalue weighted by Gasteiger charge is -2.24. The van der Waals surface area contributed by atoms with Crippen molar-refractivity contribution >= 4 is 49.9 Å². The van der Waals surface area contributed by atoms with Crippen LogP contribution in [-0.4, -0.2) is 61.0 Å². The molecule has 2 aromatic carbocycles. The van der Waals surface area contributed by atoms with E-state index in [1.54, 1.807) is 18.2 Å². The van der Waals surface area contributed by atoms with Gasteiger partial charge in [-0.25, -0.2) is 13.3 Å². The van der Waals surface area contributed by atoms with Gasteiger partial charge in [0.25, 0.3) is 5.91 Å². The number of ether oxygens (including phenoxy) is 3. The zero-order valence-electron chi connectivity index (χ0n) is 20.6. The van der Waals surface area contributed by atoms with Gasteiger partial charge >= 0.3 is 0 Å². The van der Waals surface area contributed by atoms with E-state index < -0.39 is 15.7 Å². The van der Waals surface area contributed by atoms with E-state index in [0.29, 0.717) is 30.3 Å². The third-order valence-electron chi connectivity index (χ3n) is 5.36. The first-order chi connectivity index (χ1) is 17.7. The minimum atomic E-state index is -3.72. The molecule has 0 spiro atoms. The number of amidine groups is 3. The predicted molar refractivity (Wildman–Crippen MR) is 144 cm³/mol. The maximum absolute atomic E-state index is 12.7. The highest BCUT2D eigenvalue weighted by Crippen LogP contribution is 2.32. The molecular weight excluding hydrogens is 516 g/mol. The van der Waals surface area contributed by atoms with Gasteiger partial charge in [-0.15, -0.1) is 0 Å². The molecule has 0 unspecified atom stereocenters. The second-order valence-electron chi connectivity index (χ2n) is 7.96. The minimum Gasteiger partial charge on any atom is -0.490 e. The Morgan fingerprint density at radius 2 is 1.76 bits per heavy atom. The molecule has 0 saturated heterocycles. The second-order valence-corrected chi connectivity index (χ2v) is 10.9. The summed E-state index contributed by atoms with van der Waals surface area (Å²) in [5.74, 6) is 0.567. The molecule has 2 heterocycles. The zero-order chi connectivity index (χ0) is 26.6. The number of hydrogen-bond acceptors (Lipinski definition) is 9. The van der Waals surface area contributed by atoms with Crippen molar-refractivity contribution in [3.05, 3.63) is 59.2 Å². The van der Waals surface area contributed by atoms with Crippen LogP contribution in [0.15, 0.2) is 57.4 Å². The highest BCUT2D eigenvalue weighted by Gasteiger charge is 2.42. The van der Waals surface area contributed by atoms with Crippen LogP contribution >= 0.6 is 11.9 Å². The van der Waals surface area contributed by atoms with Crippen molar-refractivity contribution in [3.8, 4) is 17.2 Å². The zero-order valence-corrected chi connectivity index (χ0v) is 22.2. The summed E-state index contributed by atoms with van der Waals surface area (Å²) in [4.78, 5) is 17.7. The van der Waals surface area contributed by atoms with E-state index in [4.69, 9.17) is 19.6 Å². The first kappa shape index (κ1) is 26.4. The Bertz CT molecular complexity index is 1420. The van der Waals surface area contributed by atoms with Gasteiger partial charge in [-0.05, 0) is 49.8 Å². The number of fused-ring (bicyclic) bond motifs is 1. The molecule has 0 saturated carbocycles. The van der Waals surface area contributed by atoms with Crippen molar-refractivity contribution in [2.45, 2.75) is 20.8 Å². The summed E-state index contributed by atoms with van der Waals surface area (Å²) < 4.78 is 46.0. The van der Waals surface area contributed by atoms with Crippen LogP contribution in [0, 0.1) is 12.3 Å². The monoisotopic (exact) mass is 542 g/mol. The van der Waals surface area contributed by atoms with Crippen LogP contribution in [0.2, 0.25) is 0 Å². The number of hydrogen-bond donors (Lipinski definition) is 1. The summed E-state index contributed by atoms with van der Waals surface area (Å²) >= 11 is 0.761. The fourth-order valence-electron chi connectivity index (χ4n) is 3.44. The molecule has 4 rings (SSSR count). The van der Waals surface area contributed by atoms with E-state index in [9.17, 15) is 13.2 Å². The van der Waals surface area contributed by atoms with Crippen LogP contribution in [0.1, 0.15) is 25.0 Å². The van der Waals surface area contributed by atoms with Crippen LogP contribution in [0.25, 0.3) is 6.08 Å². The maximum Gasteiger partial charge on any atom is 0.283 e. The number of amides is 1. The molecule has 37 heavy (non-hydrogen) atoms. The van der Waals surface area contributed by atoms with E-state index in [0.717, 1.165) is 28.2 Å². The number of rotatable bonds is 9. The van der Waals surface area contributed by atoms with Crippen molar-refractivity contribution < 1.29 is 27.4 Å². The Kier molecular flexibility index (Phi) is 7.98. The average Bonchev–Trinajstić information content (AvgIpc) is 3.31. The number of sulfone groups is 1. The highest BCUT2D eigenvalue weighted by molar-refractivity contribution is 8.16.